The molecule has 0 fully saturated rings. The summed E-state index contributed by atoms with van der Waals surface area (Å²) in [6.07, 6.45) is 4.88. The molecule has 0 bridgehead atoms. The summed E-state index contributed by atoms with van der Waals surface area (Å²) in [5, 5.41) is 13.7. The van der Waals surface area contributed by atoms with E-state index in [1.54, 1.807) is 24.7 Å². The molecule has 0 aliphatic rings. The molecule has 1 amide bonds. The second-order valence-corrected chi connectivity index (χ2v) is 6.80. The van der Waals surface area contributed by atoms with Gasteiger partial charge in [0.15, 0.2) is 11.0 Å². The number of nitrogens with zero attached hydrogens (tertiary/aromatic N) is 5. The summed E-state index contributed by atoms with van der Waals surface area (Å²) in [7, 11) is 0. The first-order valence-electron chi connectivity index (χ1n) is 8.21. The Balaban J connectivity index is 1.60. The zero-order valence-electron chi connectivity index (χ0n) is 14.5. The van der Waals surface area contributed by atoms with Crippen LogP contribution in [0.1, 0.15) is 12.5 Å². The molecule has 0 aliphatic carbocycles. The Morgan fingerprint density at radius 3 is 2.81 bits per heavy atom. The van der Waals surface area contributed by atoms with Gasteiger partial charge in [0.1, 0.15) is 0 Å². The molecule has 0 saturated carbocycles. The maximum absolute atomic E-state index is 12.0. The highest BCUT2D eigenvalue weighted by molar-refractivity contribution is 7.99. The number of benzene rings is 1. The van der Waals surface area contributed by atoms with E-state index in [2.05, 4.69) is 25.7 Å². The van der Waals surface area contributed by atoms with Crippen molar-refractivity contribution in [3.8, 4) is 11.4 Å². The van der Waals surface area contributed by atoms with Gasteiger partial charge in [-0.05, 0) is 37.3 Å². The fourth-order valence-corrected chi connectivity index (χ4v) is 3.21. The third-order valence-electron chi connectivity index (χ3n) is 3.56. The smallest absolute Gasteiger partial charge is 0.250 e. The number of hydrogen-bond acceptors (Lipinski definition) is 6. The highest BCUT2D eigenvalue weighted by atomic mass is 35.5. The number of hydrazone groups is 1. The van der Waals surface area contributed by atoms with E-state index in [0.29, 0.717) is 16.7 Å². The first-order valence-corrected chi connectivity index (χ1v) is 9.57. The standard InChI is InChI=1S/C18H17ClN6OS/c1-2-25-17(14-5-7-15(19)8-6-14)23-24-18(25)27-12-16(26)22-21-11-13-4-3-9-20-10-13/h3-11H,2,12H2,1H3,(H,22,26). The van der Waals surface area contributed by atoms with Crippen LogP contribution in [0.2, 0.25) is 5.02 Å². The van der Waals surface area contributed by atoms with Crippen LogP contribution < -0.4 is 5.43 Å². The summed E-state index contributed by atoms with van der Waals surface area (Å²) in [4.78, 5) is 16.0. The molecule has 1 N–H and O–H groups in total. The van der Waals surface area contributed by atoms with E-state index in [0.717, 1.165) is 17.0 Å². The molecule has 7 nitrogen and oxygen atoms in total. The van der Waals surface area contributed by atoms with Gasteiger partial charge >= 0.3 is 0 Å². The van der Waals surface area contributed by atoms with Crippen LogP contribution in [0, 0.1) is 0 Å². The van der Waals surface area contributed by atoms with E-state index in [9.17, 15) is 4.79 Å². The van der Waals surface area contributed by atoms with Gasteiger partial charge in [0.25, 0.3) is 5.91 Å². The van der Waals surface area contributed by atoms with Gasteiger partial charge in [0.2, 0.25) is 0 Å². The van der Waals surface area contributed by atoms with Gasteiger partial charge in [-0.3, -0.25) is 9.78 Å². The summed E-state index contributed by atoms with van der Waals surface area (Å²) < 4.78 is 1.96. The first kappa shape index (κ1) is 19.1. The van der Waals surface area contributed by atoms with Crippen LogP contribution >= 0.6 is 23.4 Å². The lowest BCUT2D eigenvalue weighted by Crippen LogP contribution is -2.20. The molecule has 2 heterocycles. The summed E-state index contributed by atoms with van der Waals surface area (Å²) in [6, 6.07) is 11.1. The highest BCUT2D eigenvalue weighted by Gasteiger charge is 2.14. The molecule has 0 atom stereocenters. The predicted molar refractivity (Wildman–Crippen MR) is 107 cm³/mol. The monoisotopic (exact) mass is 400 g/mol. The zero-order valence-corrected chi connectivity index (χ0v) is 16.1. The number of carbonyl (C=O) groups excluding carboxylic acids is 1. The van der Waals surface area contributed by atoms with Crippen LogP contribution in [0.3, 0.4) is 0 Å². The molecule has 3 rings (SSSR count). The van der Waals surface area contributed by atoms with Gasteiger partial charge < -0.3 is 4.57 Å². The Morgan fingerprint density at radius 1 is 1.30 bits per heavy atom. The van der Waals surface area contributed by atoms with Crippen molar-refractivity contribution in [2.75, 3.05) is 5.75 Å². The molecule has 138 valence electrons. The summed E-state index contributed by atoms with van der Waals surface area (Å²) in [5.41, 5.74) is 4.22. The number of amides is 1. The number of thioether (sulfide) groups is 1. The van der Waals surface area contributed by atoms with Gasteiger partial charge in [-0.15, -0.1) is 10.2 Å². The number of nitrogens with one attached hydrogen (secondary N) is 1. The minimum absolute atomic E-state index is 0.184. The van der Waals surface area contributed by atoms with E-state index < -0.39 is 0 Å². The van der Waals surface area contributed by atoms with Crippen LogP contribution in [-0.4, -0.2) is 37.6 Å². The van der Waals surface area contributed by atoms with Gasteiger partial charge in [-0.2, -0.15) is 5.10 Å². The number of carbonyl (C=O) groups is 1. The number of rotatable bonds is 7. The number of hydrogen-bond donors (Lipinski definition) is 1. The second-order valence-electron chi connectivity index (χ2n) is 5.43. The molecule has 3 aromatic rings. The lowest BCUT2D eigenvalue weighted by Gasteiger charge is -2.07. The fourth-order valence-electron chi connectivity index (χ4n) is 2.29. The Morgan fingerprint density at radius 2 is 2.11 bits per heavy atom. The van der Waals surface area contributed by atoms with E-state index in [4.69, 9.17) is 11.6 Å². The number of pyridine rings is 1. The number of aromatic nitrogens is 4. The van der Waals surface area contributed by atoms with Crippen molar-refractivity contribution < 1.29 is 4.79 Å². The van der Waals surface area contributed by atoms with Crippen LogP contribution in [-0.2, 0) is 11.3 Å². The average Bonchev–Trinajstić information content (AvgIpc) is 3.10. The minimum Gasteiger partial charge on any atom is -0.302 e. The molecule has 27 heavy (non-hydrogen) atoms. The summed E-state index contributed by atoms with van der Waals surface area (Å²) in [5.74, 6) is 0.703. The second kappa shape index (κ2) is 9.29. The molecule has 0 saturated heterocycles. The lowest BCUT2D eigenvalue weighted by atomic mass is 10.2. The minimum atomic E-state index is -0.223. The SMILES string of the molecule is CCn1c(SCC(=O)NN=Cc2cccnc2)nnc1-c1ccc(Cl)cc1. The van der Waals surface area contributed by atoms with E-state index in [1.807, 2.05) is 41.8 Å². The largest absolute Gasteiger partial charge is 0.302 e. The molecule has 0 unspecified atom stereocenters. The Labute approximate surface area is 165 Å². The van der Waals surface area contributed by atoms with Crippen LogP contribution in [0.15, 0.2) is 59.0 Å². The van der Waals surface area contributed by atoms with E-state index in [1.165, 1.54) is 11.8 Å². The summed E-state index contributed by atoms with van der Waals surface area (Å²) in [6.45, 7) is 2.69. The molecular formula is C18H17ClN6OS. The third kappa shape index (κ3) is 5.15. The Bertz CT molecular complexity index is 927. The van der Waals surface area contributed by atoms with Gasteiger partial charge in [-0.25, -0.2) is 5.43 Å². The topological polar surface area (TPSA) is 85.1 Å². The third-order valence-corrected chi connectivity index (χ3v) is 4.77. The van der Waals surface area contributed by atoms with Gasteiger partial charge in [0, 0.05) is 35.1 Å². The molecule has 0 spiro atoms. The molecular weight excluding hydrogens is 384 g/mol. The van der Waals surface area contributed by atoms with Crippen molar-refractivity contribution >= 4 is 35.5 Å². The lowest BCUT2D eigenvalue weighted by molar-refractivity contribution is -0.118. The van der Waals surface area contributed by atoms with Crippen LogP contribution in [0.5, 0.6) is 0 Å². The maximum Gasteiger partial charge on any atom is 0.250 e. The first-order chi connectivity index (χ1) is 13.2. The van der Waals surface area contributed by atoms with Crippen molar-refractivity contribution in [1.82, 2.24) is 25.2 Å². The molecule has 0 aliphatic heterocycles. The van der Waals surface area contributed by atoms with E-state index >= 15 is 0 Å². The van der Waals surface area contributed by atoms with Crippen molar-refractivity contribution in [2.45, 2.75) is 18.6 Å². The molecule has 1 aromatic carbocycles. The fraction of sp³-hybridized carbons (Fsp3) is 0.167. The quantitative estimate of drug-likeness (QED) is 0.374. The van der Waals surface area contributed by atoms with Gasteiger partial charge in [0.05, 0.1) is 12.0 Å². The zero-order chi connectivity index (χ0) is 19.1. The number of halogens is 1. The molecule has 9 heteroatoms. The van der Waals surface area contributed by atoms with Crippen LogP contribution in [0.25, 0.3) is 11.4 Å². The normalized spacial score (nSPS) is 11.0. The molecule has 2 aromatic heterocycles. The highest BCUT2D eigenvalue weighted by Crippen LogP contribution is 2.24. The molecule has 0 radical (unpaired) electrons. The van der Waals surface area contributed by atoms with Crippen molar-refractivity contribution in [3.63, 3.8) is 0 Å². The predicted octanol–water partition coefficient (Wildman–Crippen LogP) is 3.26. The maximum atomic E-state index is 12.0. The van der Waals surface area contributed by atoms with Crippen LogP contribution in [0.4, 0.5) is 0 Å². The van der Waals surface area contributed by atoms with Gasteiger partial charge in [-0.1, -0.05) is 29.4 Å². The van der Waals surface area contributed by atoms with Crippen molar-refractivity contribution in [2.24, 2.45) is 5.10 Å². The van der Waals surface area contributed by atoms with E-state index in [-0.39, 0.29) is 11.7 Å². The Hall–Kier alpha value is -2.71. The Kier molecular flexibility index (Phi) is 6.56. The average molecular weight is 401 g/mol. The van der Waals surface area contributed by atoms with Crippen molar-refractivity contribution in [3.05, 3.63) is 59.4 Å². The van der Waals surface area contributed by atoms with Crippen molar-refractivity contribution in [1.29, 1.82) is 0 Å². The summed E-state index contributed by atoms with van der Waals surface area (Å²) >= 11 is 7.25.